The van der Waals surface area contributed by atoms with Crippen LogP contribution in [0.2, 0.25) is 0 Å². The maximum atomic E-state index is 5.33. The fraction of sp³-hybridized carbons (Fsp3) is 0.818. The van der Waals surface area contributed by atoms with Crippen molar-refractivity contribution in [2.24, 2.45) is 0 Å². The highest BCUT2D eigenvalue weighted by molar-refractivity contribution is 7.99. The molecule has 1 aromatic heterocycles. The maximum Gasteiger partial charge on any atom is 0.276 e. The fourth-order valence-corrected chi connectivity index (χ4v) is 2.23. The third-order valence-corrected chi connectivity index (χ3v) is 3.42. The van der Waals surface area contributed by atoms with Crippen LogP contribution in [0.3, 0.4) is 0 Å². The predicted molar refractivity (Wildman–Crippen MR) is 66.7 cm³/mol. The van der Waals surface area contributed by atoms with Gasteiger partial charge in [0.15, 0.2) is 0 Å². The molecule has 0 fully saturated rings. The van der Waals surface area contributed by atoms with E-state index in [9.17, 15) is 0 Å². The van der Waals surface area contributed by atoms with Crippen LogP contribution < -0.4 is 5.32 Å². The molecule has 0 aliphatic heterocycles. The summed E-state index contributed by atoms with van der Waals surface area (Å²) < 4.78 is 5.33. The Hall–Kier alpha value is -0.550. The molecule has 0 amide bonds. The molecule has 1 heterocycles. The number of aromatic nitrogens is 2. The Bertz CT molecular complexity index is 299. The molecule has 0 saturated carbocycles. The van der Waals surface area contributed by atoms with Crippen molar-refractivity contribution in [1.82, 2.24) is 15.5 Å². The lowest BCUT2D eigenvalue weighted by Gasteiger charge is -2.17. The lowest BCUT2D eigenvalue weighted by Crippen LogP contribution is -2.32. The first-order chi connectivity index (χ1) is 7.65. The molecule has 0 bridgehead atoms. The minimum Gasteiger partial charge on any atom is -0.416 e. The largest absolute Gasteiger partial charge is 0.416 e. The van der Waals surface area contributed by atoms with Crippen LogP contribution in [0.15, 0.2) is 9.64 Å². The summed E-state index contributed by atoms with van der Waals surface area (Å²) in [6, 6.07) is 0.618. The monoisotopic (exact) mass is 243 g/mol. The van der Waals surface area contributed by atoms with E-state index in [4.69, 9.17) is 4.42 Å². The smallest absolute Gasteiger partial charge is 0.276 e. The first kappa shape index (κ1) is 13.5. The number of hydrogen-bond donors (Lipinski definition) is 1. The van der Waals surface area contributed by atoms with Crippen LogP contribution in [-0.2, 0) is 0 Å². The SMILES string of the molecule is CCC(CC)NCC(C)Sc1nnc(C)o1. The summed E-state index contributed by atoms with van der Waals surface area (Å²) in [6.07, 6.45) is 2.35. The van der Waals surface area contributed by atoms with Crippen LogP contribution in [0.1, 0.15) is 39.5 Å². The lowest BCUT2D eigenvalue weighted by molar-refractivity contribution is 0.427. The van der Waals surface area contributed by atoms with Crippen molar-refractivity contribution in [1.29, 1.82) is 0 Å². The molecule has 0 aliphatic carbocycles. The summed E-state index contributed by atoms with van der Waals surface area (Å²) in [5, 5.41) is 12.4. The van der Waals surface area contributed by atoms with Gasteiger partial charge >= 0.3 is 0 Å². The van der Waals surface area contributed by atoms with Crippen molar-refractivity contribution in [3.05, 3.63) is 5.89 Å². The second-order valence-corrected chi connectivity index (χ2v) is 5.33. The Morgan fingerprint density at radius 3 is 2.50 bits per heavy atom. The van der Waals surface area contributed by atoms with Gasteiger partial charge in [-0.25, -0.2) is 0 Å². The molecule has 0 radical (unpaired) electrons. The molecule has 0 aliphatic rings. The third-order valence-electron chi connectivity index (χ3n) is 2.49. The van der Waals surface area contributed by atoms with Gasteiger partial charge in [0.1, 0.15) is 0 Å². The number of nitrogens with one attached hydrogen (secondary N) is 1. The van der Waals surface area contributed by atoms with Crippen molar-refractivity contribution in [3.63, 3.8) is 0 Å². The van der Waals surface area contributed by atoms with E-state index in [1.54, 1.807) is 11.8 Å². The van der Waals surface area contributed by atoms with E-state index in [0.717, 1.165) is 6.54 Å². The molecule has 1 atom stereocenters. The van der Waals surface area contributed by atoms with Crippen molar-refractivity contribution in [2.45, 2.75) is 57.1 Å². The van der Waals surface area contributed by atoms with E-state index in [-0.39, 0.29) is 0 Å². The average molecular weight is 243 g/mol. The molecule has 5 heteroatoms. The van der Waals surface area contributed by atoms with Crippen LogP contribution in [-0.4, -0.2) is 28.0 Å². The molecule has 1 N–H and O–H groups in total. The van der Waals surface area contributed by atoms with E-state index < -0.39 is 0 Å². The highest BCUT2D eigenvalue weighted by Gasteiger charge is 2.11. The first-order valence-electron chi connectivity index (χ1n) is 5.85. The highest BCUT2D eigenvalue weighted by atomic mass is 32.2. The Kier molecular flexibility index (Phi) is 5.84. The van der Waals surface area contributed by atoms with Gasteiger partial charge in [-0.1, -0.05) is 32.5 Å². The Labute approximate surface area is 102 Å². The molecule has 0 saturated heterocycles. The topological polar surface area (TPSA) is 51.0 Å². The quantitative estimate of drug-likeness (QED) is 0.746. The number of rotatable bonds is 7. The third kappa shape index (κ3) is 4.53. The summed E-state index contributed by atoms with van der Waals surface area (Å²) in [5.74, 6) is 0.627. The summed E-state index contributed by atoms with van der Waals surface area (Å²) in [6.45, 7) is 9.36. The number of thioether (sulfide) groups is 1. The van der Waals surface area contributed by atoms with Crippen molar-refractivity contribution in [3.8, 4) is 0 Å². The number of aryl methyl sites for hydroxylation is 1. The van der Waals surface area contributed by atoms with Crippen molar-refractivity contribution < 1.29 is 4.42 Å². The standard InChI is InChI=1S/C11H21N3OS/c1-5-10(6-2)12-7-8(3)16-11-14-13-9(4)15-11/h8,10,12H,5-7H2,1-4H3. The van der Waals surface area contributed by atoms with Gasteiger partial charge in [0, 0.05) is 24.8 Å². The number of nitrogens with zero attached hydrogens (tertiary/aromatic N) is 2. The molecule has 4 nitrogen and oxygen atoms in total. The van der Waals surface area contributed by atoms with E-state index in [2.05, 4.69) is 36.3 Å². The molecule has 16 heavy (non-hydrogen) atoms. The second kappa shape index (κ2) is 6.91. The molecule has 1 aromatic rings. The van der Waals surface area contributed by atoms with Crippen LogP contribution in [0, 0.1) is 6.92 Å². The normalized spacial score (nSPS) is 13.3. The lowest BCUT2D eigenvalue weighted by atomic mass is 10.2. The maximum absolute atomic E-state index is 5.33. The molecule has 1 unspecified atom stereocenters. The zero-order chi connectivity index (χ0) is 12.0. The van der Waals surface area contributed by atoms with Gasteiger partial charge in [-0.05, 0) is 12.8 Å². The summed E-state index contributed by atoms with van der Waals surface area (Å²) >= 11 is 1.62. The zero-order valence-corrected chi connectivity index (χ0v) is 11.3. The highest BCUT2D eigenvalue weighted by Crippen LogP contribution is 2.20. The zero-order valence-electron chi connectivity index (χ0n) is 10.5. The number of hydrogen-bond acceptors (Lipinski definition) is 5. The Balaban J connectivity index is 2.27. The minimum absolute atomic E-state index is 0.445. The van der Waals surface area contributed by atoms with Gasteiger partial charge in [0.05, 0.1) is 0 Å². The van der Waals surface area contributed by atoms with Crippen LogP contribution in [0.4, 0.5) is 0 Å². The molecule has 0 aromatic carbocycles. The van der Waals surface area contributed by atoms with Crippen molar-refractivity contribution in [2.75, 3.05) is 6.54 Å². The van der Waals surface area contributed by atoms with Gasteiger partial charge in [0.2, 0.25) is 5.89 Å². The first-order valence-corrected chi connectivity index (χ1v) is 6.73. The Morgan fingerprint density at radius 1 is 1.31 bits per heavy atom. The second-order valence-electron chi connectivity index (χ2n) is 3.94. The average Bonchev–Trinajstić information content (AvgIpc) is 2.65. The van der Waals surface area contributed by atoms with Gasteiger partial charge in [-0.3, -0.25) is 0 Å². The molecule has 0 spiro atoms. The van der Waals surface area contributed by atoms with Crippen LogP contribution >= 0.6 is 11.8 Å². The van der Waals surface area contributed by atoms with Crippen LogP contribution in [0.25, 0.3) is 0 Å². The molecular weight excluding hydrogens is 222 g/mol. The van der Waals surface area contributed by atoms with Crippen molar-refractivity contribution >= 4 is 11.8 Å². The van der Waals surface area contributed by atoms with Gasteiger partial charge in [0.25, 0.3) is 5.22 Å². The summed E-state index contributed by atoms with van der Waals surface area (Å²) in [5.41, 5.74) is 0. The van der Waals surface area contributed by atoms with E-state index in [0.29, 0.717) is 22.4 Å². The van der Waals surface area contributed by atoms with Crippen LogP contribution in [0.5, 0.6) is 0 Å². The molecule has 92 valence electrons. The molecule has 1 rings (SSSR count). The fourth-order valence-electron chi connectivity index (χ4n) is 1.45. The van der Waals surface area contributed by atoms with E-state index in [1.165, 1.54) is 12.8 Å². The van der Waals surface area contributed by atoms with E-state index >= 15 is 0 Å². The Morgan fingerprint density at radius 2 is 2.00 bits per heavy atom. The van der Waals surface area contributed by atoms with Gasteiger partial charge in [-0.15, -0.1) is 10.2 Å². The predicted octanol–water partition coefficient (Wildman–Crippen LogP) is 2.64. The van der Waals surface area contributed by atoms with Gasteiger partial charge in [-0.2, -0.15) is 0 Å². The van der Waals surface area contributed by atoms with Gasteiger partial charge < -0.3 is 9.73 Å². The summed E-state index contributed by atoms with van der Waals surface area (Å²) in [4.78, 5) is 0. The minimum atomic E-state index is 0.445. The summed E-state index contributed by atoms with van der Waals surface area (Å²) in [7, 11) is 0. The van der Waals surface area contributed by atoms with E-state index in [1.807, 2.05) is 6.92 Å². The molecular formula is C11H21N3OS.